The molecule has 2 unspecified atom stereocenters. The van der Waals surface area contributed by atoms with E-state index in [0.29, 0.717) is 22.9 Å². The first-order valence-electron chi connectivity index (χ1n) is 7.87. The van der Waals surface area contributed by atoms with Gasteiger partial charge in [0.25, 0.3) is 0 Å². The second-order valence-electron chi connectivity index (χ2n) is 6.29. The van der Waals surface area contributed by atoms with E-state index in [1.165, 1.54) is 12.8 Å². The first-order chi connectivity index (χ1) is 10.5. The van der Waals surface area contributed by atoms with Crippen molar-refractivity contribution in [3.63, 3.8) is 0 Å². The van der Waals surface area contributed by atoms with Crippen molar-refractivity contribution in [2.24, 2.45) is 0 Å². The predicted octanol–water partition coefficient (Wildman–Crippen LogP) is 3.28. The average Bonchev–Trinajstić information content (AvgIpc) is 2.72. The summed E-state index contributed by atoms with van der Waals surface area (Å²) in [7, 11) is 2.17. The summed E-state index contributed by atoms with van der Waals surface area (Å²) in [6.07, 6.45) is 3.72. The number of ether oxygens (including phenoxy) is 2. The molecular weight excluding hydrogens is 302 g/mol. The van der Waals surface area contributed by atoms with Crippen LogP contribution in [0, 0.1) is 0 Å². The number of hydrogen-bond acceptors (Lipinski definition) is 4. The molecule has 0 spiro atoms. The topological polar surface area (TPSA) is 38.8 Å². The quantitative estimate of drug-likeness (QED) is 0.797. The number of halogens is 1. The van der Waals surface area contributed by atoms with Gasteiger partial charge < -0.3 is 14.4 Å². The number of nitrogens with zero attached hydrogens (tertiary/aromatic N) is 1. The summed E-state index contributed by atoms with van der Waals surface area (Å²) in [4.78, 5) is 14.6. The Labute approximate surface area is 136 Å². The van der Waals surface area contributed by atoms with Crippen LogP contribution in [0.25, 0.3) is 0 Å². The molecule has 2 saturated heterocycles. The van der Waals surface area contributed by atoms with Crippen molar-refractivity contribution < 1.29 is 14.3 Å². The van der Waals surface area contributed by atoms with Crippen LogP contribution < -0.4 is 4.74 Å². The maximum atomic E-state index is 12.2. The smallest absolute Gasteiger partial charge is 0.347 e. The SMILES string of the molecule is CC(Oc1ccc(Cl)cc1)C(=O)OC1C[C@H]2CC[C@@H](C1)N2C. The molecule has 0 saturated carbocycles. The van der Waals surface area contributed by atoms with Gasteiger partial charge >= 0.3 is 5.97 Å². The summed E-state index contributed by atoms with van der Waals surface area (Å²) in [5.74, 6) is 0.334. The van der Waals surface area contributed by atoms with Gasteiger partial charge in [-0.2, -0.15) is 0 Å². The van der Waals surface area contributed by atoms with E-state index in [1.807, 2.05) is 0 Å². The molecule has 0 aromatic heterocycles. The molecule has 22 heavy (non-hydrogen) atoms. The average molecular weight is 324 g/mol. The summed E-state index contributed by atoms with van der Waals surface area (Å²) < 4.78 is 11.3. The number of piperidine rings is 1. The van der Waals surface area contributed by atoms with E-state index in [1.54, 1.807) is 31.2 Å². The van der Waals surface area contributed by atoms with Crippen molar-refractivity contribution in [3.05, 3.63) is 29.3 Å². The Morgan fingerprint density at radius 1 is 1.23 bits per heavy atom. The van der Waals surface area contributed by atoms with Crippen molar-refractivity contribution >= 4 is 17.6 Å². The van der Waals surface area contributed by atoms with Crippen molar-refractivity contribution in [3.8, 4) is 5.75 Å². The number of esters is 1. The molecule has 1 aromatic rings. The zero-order valence-corrected chi connectivity index (χ0v) is 13.8. The van der Waals surface area contributed by atoms with Crippen LogP contribution in [0.3, 0.4) is 0 Å². The molecule has 0 radical (unpaired) electrons. The lowest BCUT2D eigenvalue weighted by Crippen LogP contribution is -2.44. The van der Waals surface area contributed by atoms with Gasteiger partial charge in [-0.1, -0.05) is 11.6 Å². The molecule has 2 aliphatic rings. The predicted molar refractivity (Wildman–Crippen MR) is 85.2 cm³/mol. The van der Waals surface area contributed by atoms with Gasteiger partial charge in [0.05, 0.1) is 0 Å². The van der Waals surface area contributed by atoms with E-state index >= 15 is 0 Å². The minimum absolute atomic E-state index is 0.0254. The molecule has 0 amide bonds. The van der Waals surface area contributed by atoms with Crippen LogP contribution >= 0.6 is 11.6 Å². The van der Waals surface area contributed by atoms with Gasteiger partial charge in [0, 0.05) is 17.1 Å². The van der Waals surface area contributed by atoms with Gasteiger partial charge in [0.2, 0.25) is 0 Å². The fourth-order valence-corrected chi connectivity index (χ4v) is 3.61. The zero-order valence-electron chi connectivity index (χ0n) is 13.0. The van der Waals surface area contributed by atoms with Gasteiger partial charge in [-0.25, -0.2) is 4.79 Å². The Morgan fingerprint density at radius 2 is 1.82 bits per heavy atom. The van der Waals surface area contributed by atoms with Gasteiger partial charge in [-0.15, -0.1) is 0 Å². The molecule has 1 aromatic carbocycles. The van der Waals surface area contributed by atoms with Crippen molar-refractivity contribution in [2.75, 3.05) is 7.05 Å². The molecule has 0 N–H and O–H groups in total. The molecular formula is C17H22ClNO3. The van der Waals surface area contributed by atoms with E-state index in [2.05, 4.69) is 11.9 Å². The lowest BCUT2D eigenvalue weighted by Gasteiger charge is -2.36. The Kier molecular flexibility index (Phi) is 4.59. The summed E-state index contributed by atoms with van der Waals surface area (Å²) in [6.45, 7) is 1.72. The van der Waals surface area contributed by atoms with Crippen LogP contribution in [0.15, 0.2) is 24.3 Å². The van der Waals surface area contributed by atoms with Gasteiger partial charge in [0.15, 0.2) is 6.10 Å². The van der Waals surface area contributed by atoms with Crippen molar-refractivity contribution in [1.82, 2.24) is 4.90 Å². The van der Waals surface area contributed by atoms with E-state index in [9.17, 15) is 4.79 Å². The molecule has 5 heteroatoms. The largest absolute Gasteiger partial charge is 0.479 e. The number of hydrogen-bond donors (Lipinski definition) is 0. The molecule has 2 bridgehead atoms. The number of carbonyl (C=O) groups excluding carboxylic acids is 1. The van der Waals surface area contributed by atoms with Gasteiger partial charge in [0.1, 0.15) is 11.9 Å². The van der Waals surface area contributed by atoms with E-state index in [-0.39, 0.29) is 12.1 Å². The molecule has 3 rings (SSSR count). The number of fused-ring (bicyclic) bond motifs is 2. The highest BCUT2D eigenvalue weighted by Crippen LogP contribution is 2.35. The summed E-state index contributed by atoms with van der Waals surface area (Å²) in [5.41, 5.74) is 0. The minimum atomic E-state index is -0.613. The molecule has 4 nitrogen and oxygen atoms in total. The molecule has 2 fully saturated rings. The fourth-order valence-electron chi connectivity index (χ4n) is 3.48. The lowest BCUT2D eigenvalue weighted by molar-refractivity contribution is -0.159. The summed E-state index contributed by atoms with van der Waals surface area (Å²) in [5, 5.41) is 0.643. The second kappa shape index (κ2) is 6.47. The van der Waals surface area contributed by atoms with Crippen LogP contribution in [-0.2, 0) is 9.53 Å². The Morgan fingerprint density at radius 3 is 2.41 bits per heavy atom. The van der Waals surface area contributed by atoms with Crippen LogP contribution in [-0.4, -0.2) is 42.2 Å². The van der Waals surface area contributed by atoms with E-state index < -0.39 is 6.10 Å². The van der Waals surface area contributed by atoms with Crippen LogP contribution in [0.1, 0.15) is 32.6 Å². The normalized spacial score (nSPS) is 29.1. The highest BCUT2D eigenvalue weighted by Gasteiger charge is 2.40. The second-order valence-corrected chi connectivity index (χ2v) is 6.73. The number of carbonyl (C=O) groups is 1. The van der Waals surface area contributed by atoms with Crippen LogP contribution in [0.2, 0.25) is 5.02 Å². The maximum absolute atomic E-state index is 12.2. The maximum Gasteiger partial charge on any atom is 0.347 e. The molecule has 4 atom stereocenters. The fraction of sp³-hybridized carbons (Fsp3) is 0.588. The molecule has 120 valence electrons. The van der Waals surface area contributed by atoms with E-state index in [4.69, 9.17) is 21.1 Å². The third-order valence-corrected chi connectivity index (χ3v) is 5.05. The zero-order chi connectivity index (χ0) is 15.7. The van der Waals surface area contributed by atoms with Gasteiger partial charge in [-0.05, 0) is 63.9 Å². The van der Waals surface area contributed by atoms with Gasteiger partial charge in [-0.3, -0.25) is 0 Å². The third-order valence-electron chi connectivity index (χ3n) is 4.80. The van der Waals surface area contributed by atoms with E-state index in [0.717, 1.165) is 12.8 Å². The Balaban J connectivity index is 1.52. The van der Waals surface area contributed by atoms with Crippen molar-refractivity contribution in [1.29, 1.82) is 0 Å². The third kappa shape index (κ3) is 3.39. The Hall–Kier alpha value is -1.26. The molecule has 0 aliphatic carbocycles. The minimum Gasteiger partial charge on any atom is -0.479 e. The monoisotopic (exact) mass is 323 g/mol. The molecule has 2 heterocycles. The number of rotatable bonds is 4. The Bertz CT molecular complexity index is 519. The van der Waals surface area contributed by atoms with Crippen LogP contribution in [0.4, 0.5) is 0 Å². The standard InChI is InChI=1S/C17H22ClNO3/c1-11(21-15-7-3-12(18)4-8-15)17(20)22-16-9-13-5-6-14(10-16)19(13)2/h3-4,7-8,11,13-14,16H,5-6,9-10H2,1-2H3/t11?,13-,14+,16?. The molecule has 2 aliphatic heterocycles. The highest BCUT2D eigenvalue weighted by molar-refractivity contribution is 6.30. The highest BCUT2D eigenvalue weighted by atomic mass is 35.5. The number of benzene rings is 1. The van der Waals surface area contributed by atoms with Crippen molar-refractivity contribution in [2.45, 2.75) is 56.9 Å². The lowest BCUT2D eigenvalue weighted by atomic mass is 10.0. The summed E-state index contributed by atoms with van der Waals surface area (Å²) in [6, 6.07) is 8.10. The van der Waals surface area contributed by atoms with Crippen LogP contribution in [0.5, 0.6) is 5.75 Å². The first-order valence-corrected chi connectivity index (χ1v) is 8.25. The first kappa shape index (κ1) is 15.6. The summed E-state index contributed by atoms with van der Waals surface area (Å²) >= 11 is 5.83.